The van der Waals surface area contributed by atoms with E-state index in [2.05, 4.69) is 18.5 Å². The molecule has 3 amide bonds. The van der Waals surface area contributed by atoms with Crippen molar-refractivity contribution in [2.24, 2.45) is 11.8 Å². The summed E-state index contributed by atoms with van der Waals surface area (Å²) in [6.07, 6.45) is 9.62. The van der Waals surface area contributed by atoms with Gasteiger partial charge in [0.25, 0.3) is 0 Å². The Kier molecular flexibility index (Phi) is 10.1. The molecule has 0 unspecified atom stereocenters. The Morgan fingerprint density at radius 2 is 1.98 bits per heavy atom. The fourth-order valence-corrected chi connectivity index (χ4v) is 7.19. The van der Waals surface area contributed by atoms with Gasteiger partial charge in [0.2, 0.25) is 17.7 Å². The van der Waals surface area contributed by atoms with Gasteiger partial charge in [0.15, 0.2) is 0 Å². The summed E-state index contributed by atoms with van der Waals surface area (Å²) >= 11 is 0. The molecule has 4 fully saturated rings. The molecule has 2 bridgehead atoms. The lowest BCUT2D eigenvalue weighted by Crippen LogP contribution is -2.58. The van der Waals surface area contributed by atoms with Crippen LogP contribution in [0.3, 0.4) is 0 Å². The summed E-state index contributed by atoms with van der Waals surface area (Å²) in [6, 6.07) is -0.783. The smallest absolute Gasteiger partial charge is 0.312 e. The second-order valence-corrected chi connectivity index (χ2v) is 11.6. The average molecular weight is 560 g/mol. The first-order chi connectivity index (χ1) is 19.3. The van der Waals surface area contributed by atoms with Gasteiger partial charge in [-0.05, 0) is 45.4 Å². The van der Waals surface area contributed by atoms with Crippen LogP contribution in [0.15, 0.2) is 25.3 Å². The van der Waals surface area contributed by atoms with Crippen LogP contribution < -0.4 is 5.32 Å². The zero-order valence-electron chi connectivity index (χ0n) is 23.7. The standard InChI is InChI=1S/C30H45N3O7/c1-4-6-13-23(35)31-19-20(3)39-29(38)24-22-14-15-30(40-22)25(24)27(36)33(17-10-18-34)26(30)28(37)32(16-5-2)21-11-8-7-9-12-21/h4-5,20-22,24-26,34H,1-2,6-19H2,3H3,(H,31,35)/t20-,22+,24-,25-,26+,30-/m1/s1. The van der Waals surface area contributed by atoms with E-state index in [-0.39, 0.29) is 43.5 Å². The van der Waals surface area contributed by atoms with Gasteiger partial charge in [-0.15, -0.1) is 13.2 Å². The Bertz CT molecular complexity index is 980. The molecule has 1 saturated carbocycles. The molecule has 4 aliphatic rings. The molecule has 1 aliphatic carbocycles. The SMILES string of the molecule is C=CCCC(=O)NC[C@@H](C)OC(=O)[C@@H]1[C@@H]2CC[C@]3(O2)[C@H](C(=O)N(CC=C)C2CCCCC2)N(CCCO)C(=O)[C@@H]13. The maximum absolute atomic E-state index is 14.3. The van der Waals surface area contributed by atoms with E-state index in [1.165, 1.54) is 0 Å². The van der Waals surface area contributed by atoms with Crippen molar-refractivity contribution in [2.45, 2.75) is 101 Å². The molecule has 40 heavy (non-hydrogen) atoms. The third-order valence-electron chi connectivity index (χ3n) is 8.97. The average Bonchev–Trinajstić information content (AvgIpc) is 3.60. The second-order valence-electron chi connectivity index (χ2n) is 11.6. The highest BCUT2D eigenvalue weighted by Crippen LogP contribution is 2.59. The number of aliphatic hydroxyl groups excluding tert-OH is 1. The third kappa shape index (κ3) is 5.84. The van der Waals surface area contributed by atoms with E-state index in [0.29, 0.717) is 38.6 Å². The molecule has 222 valence electrons. The summed E-state index contributed by atoms with van der Waals surface area (Å²) in [5, 5.41) is 12.3. The number of esters is 1. The van der Waals surface area contributed by atoms with Crippen LogP contribution in [0.5, 0.6) is 0 Å². The van der Waals surface area contributed by atoms with Crippen molar-refractivity contribution < 1.29 is 33.8 Å². The molecule has 10 heteroatoms. The normalized spacial score (nSPS) is 30.1. The van der Waals surface area contributed by atoms with Crippen LogP contribution in [0.4, 0.5) is 0 Å². The molecule has 3 saturated heterocycles. The van der Waals surface area contributed by atoms with Gasteiger partial charge in [-0.25, -0.2) is 0 Å². The summed E-state index contributed by atoms with van der Waals surface area (Å²) in [6.45, 7) is 9.81. The van der Waals surface area contributed by atoms with Crippen molar-refractivity contribution in [3.8, 4) is 0 Å². The van der Waals surface area contributed by atoms with Crippen molar-refractivity contribution in [1.82, 2.24) is 15.1 Å². The van der Waals surface area contributed by atoms with Crippen molar-refractivity contribution in [2.75, 3.05) is 26.2 Å². The highest BCUT2D eigenvalue weighted by atomic mass is 16.6. The number of aliphatic hydroxyl groups is 1. The predicted octanol–water partition coefficient (Wildman–Crippen LogP) is 2.10. The lowest BCUT2D eigenvalue weighted by molar-refractivity contribution is -0.159. The number of hydrogen-bond donors (Lipinski definition) is 2. The van der Waals surface area contributed by atoms with E-state index < -0.39 is 41.7 Å². The number of nitrogens with one attached hydrogen (secondary N) is 1. The van der Waals surface area contributed by atoms with Crippen molar-refractivity contribution in [3.05, 3.63) is 25.3 Å². The summed E-state index contributed by atoms with van der Waals surface area (Å²) in [5.74, 6) is -2.79. The molecule has 6 atom stereocenters. The Hall–Kier alpha value is -2.72. The van der Waals surface area contributed by atoms with E-state index in [9.17, 15) is 24.3 Å². The number of rotatable bonds is 14. The minimum absolute atomic E-state index is 0.0754. The first kappa shape index (κ1) is 30.2. The summed E-state index contributed by atoms with van der Waals surface area (Å²) in [4.78, 5) is 57.1. The van der Waals surface area contributed by atoms with E-state index >= 15 is 0 Å². The number of carbonyl (C=O) groups is 4. The van der Waals surface area contributed by atoms with E-state index in [0.717, 1.165) is 32.1 Å². The van der Waals surface area contributed by atoms with Gasteiger partial charge in [-0.2, -0.15) is 0 Å². The molecule has 0 aromatic rings. The summed E-state index contributed by atoms with van der Waals surface area (Å²) < 4.78 is 12.2. The topological polar surface area (TPSA) is 125 Å². The minimum atomic E-state index is -1.10. The molecule has 0 radical (unpaired) electrons. The maximum Gasteiger partial charge on any atom is 0.312 e. The largest absolute Gasteiger partial charge is 0.460 e. The minimum Gasteiger partial charge on any atom is -0.460 e. The number of ether oxygens (including phenoxy) is 2. The first-order valence-electron chi connectivity index (χ1n) is 14.9. The Balaban J connectivity index is 1.54. The molecule has 3 heterocycles. The Morgan fingerprint density at radius 1 is 1.23 bits per heavy atom. The fourth-order valence-electron chi connectivity index (χ4n) is 7.19. The summed E-state index contributed by atoms with van der Waals surface area (Å²) in [5.41, 5.74) is -1.10. The van der Waals surface area contributed by atoms with Gasteiger partial charge < -0.3 is 29.7 Å². The quantitative estimate of drug-likeness (QED) is 0.247. The molecule has 4 rings (SSSR count). The van der Waals surface area contributed by atoms with Crippen LogP contribution in [0.25, 0.3) is 0 Å². The highest BCUT2D eigenvalue weighted by Gasteiger charge is 2.75. The van der Waals surface area contributed by atoms with Gasteiger partial charge in [-0.1, -0.05) is 31.4 Å². The monoisotopic (exact) mass is 559 g/mol. The van der Waals surface area contributed by atoms with Crippen molar-refractivity contribution in [3.63, 3.8) is 0 Å². The van der Waals surface area contributed by atoms with Gasteiger partial charge >= 0.3 is 5.97 Å². The molecule has 0 aromatic carbocycles. The number of hydrogen-bond acceptors (Lipinski definition) is 7. The van der Waals surface area contributed by atoms with Gasteiger partial charge in [0.1, 0.15) is 17.7 Å². The molecule has 0 aromatic heterocycles. The summed E-state index contributed by atoms with van der Waals surface area (Å²) in [7, 11) is 0. The van der Waals surface area contributed by atoms with E-state index in [4.69, 9.17) is 9.47 Å². The number of amides is 3. The Morgan fingerprint density at radius 3 is 2.65 bits per heavy atom. The molecular formula is C30H45N3O7. The van der Waals surface area contributed by atoms with E-state index in [1.54, 1.807) is 24.0 Å². The van der Waals surface area contributed by atoms with Gasteiger partial charge in [0, 0.05) is 32.2 Å². The number of nitrogens with zero attached hydrogens (tertiary/aromatic N) is 2. The molecule has 3 aliphatic heterocycles. The van der Waals surface area contributed by atoms with Crippen LogP contribution in [0.1, 0.15) is 71.1 Å². The maximum atomic E-state index is 14.3. The highest BCUT2D eigenvalue weighted by molar-refractivity contribution is 5.98. The van der Waals surface area contributed by atoms with Crippen molar-refractivity contribution >= 4 is 23.7 Å². The molecule has 10 nitrogen and oxygen atoms in total. The van der Waals surface area contributed by atoms with Crippen LogP contribution in [-0.2, 0) is 28.7 Å². The number of carbonyl (C=O) groups excluding carboxylic acids is 4. The van der Waals surface area contributed by atoms with E-state index in [1.807, 2.05) is 4.90 Å². The fraction of sp³-hybridized carbons (Fsp3) is 0.733. The van der Waals surface area contributed by atoms with Gasteiger partial charge in [0.05, 0.1) is 24.5 Å². The number of fused-ring (bicyclic) bond motifs is 1. The van der Waals surface area contributed by atoms with Crippen LogP contribution in [0.2, 0.25) is 0 Å². The number of allylic oxidation sites excluding steroid dienone is 1. The van der Waals surface area contributed by atoms with Crippen LogP contribution >= 0.6 is 0 Å². The molecular weight excluding hydrogens is 514 g/mol. The van der Waals surface area contributed by atoms with Gasteiger partial charge in [-0.3, -0.25) is 19.2 Å². The zero-order chi connectivity index (χ0) is 28.9. The zero-order valence-corrected chi connectivity index (χ0v) is 23.7. The third-order valence-corrected chi connectivity index (χ3v) is 8.97. The van der Waals surface area contributed by atoms with Crippen molar-refractivity contribution in [1.29, 1.82) is 0 Å². The van der Waals surface area contributed by atoms with Crippen LogP contribution in [0, 0.1) is 11.8 Å². The molecule has 1 spiro atoms. The lowest BCUT2D eigenvalue weighted by Gasteiger charge is -2.40. The Labute approximate surface area is 237 Å². The van der Waals surface area contributed by atoms with Crippen LogP contribution in [-0.4, -0.2) is 94.7 Å². The predicted molar refractivity (Wildman–Crippen MR) is 148 cm³/mol. The first-order valence-corrected chi connectivity index (χ1v) is 14.9. The second kappa shape index (κ2) is 13.3. The molecule has 2 N–H and O–H groups in total. The lowest BCUT2D eigenvalue weighted by atomic mass is 9.70. The number of likely N-dealkylation sites (tertiary alicyclic amines) is 1.